The first-order valence-electron chi connectivity index (χ1n) is 12.5. The van der Waals surface area contributed by atoms with Crippen LogP contribution in [0.3, 0.4) is 0 Å². The van der Waals surface area contributed by atoms with Crippen molar-refractivity contribution in [3.8, 4) is 0 Å². The quantitative estimate of drug-likeness (QED) is 0.584. The largest absolute Gasteiger partial charge is 0.393 e. The van der Waals surface area contributed by atoms with Crippen LogP contribution in [0.4, 0.5) is 0 Å². The molecule has 2 bridgehead atoms. The van der Waals surface area contributed by atoms with Gasteiger partial charge in [0.25, 0.3) is 0 Å². The molecule has 1 spiro atoms. The van der Waals surface area contributed by atoms with Gasteiger partial charge in [-0.15, -0.1) is 0 Å². The van der Waals surface area contributed by atoms with Crippen LogP contribution < -0.4 is 0 Å². The van der Waals surface area contributed by atoms with Gasteiger partial charge in [0.15, 0.2) is 5.79 Å². The Morgan fingerprint density at radius 2 is 1.87 bits per heavy atom. The Labute approximate surface area is 187 Å². The van der Waals surface area contributed by atoms with E-state index in [1.165, 1.54) is 34.2 Å². The molecule has 31 heavy (non-hydrogen) atoms. The molecule has 2 aliphatic heterocycles. The lowest BCUT2D eigenvalue weighted by Crippen LogP contribution is -2.61. The Morgan fingerprint density at radius 1 is 1.10 bits per heavy atom. The molecule has 2 heterocycles. The highest BCUT2D eigenvalue weighted by Gasteiger charge is 2.72. The van der Waals surface area contributed by atoms with Gasteiger partial charge in [-0.05, 0) is 92.5 Å². The molecule has 1 aromatic carbocycles. The number of aliphatic hydroxyl groups is 1. The van der Waals surface area contributed by atoms with Gasteiger partial charge in [-0.2, -0.15) is 0 Å². The van der Waals surface area contributed by atoms with Gasteiger partial charge in [-0.1, -0.05) is 39.0 Å². The van der Waals surface area contributed by atoms with Gasteiger partial charge >= 0.3 is 0 Å². The fourth-order valence-corrected chi connectivity index (χ4v) is 8.11. The van der Waals surface area contributed by atoms with Crippen LogP contribution in [-0.2, 0) is 27.9 Å². The number of fused-ring (bicyclic) bond motifs is 2. The lowest BCUT2D eigenvalue weighted by molar-refractivity contribution is -0.365. The Kier molecular flexibility index (Phi) is 3.98. The summed E-state index contributed by atoms with van der Waals surface area (Å²) in [5.74, 6) is 0.911. The predicted molar refractivity (Wildman–Crippen MR) is 123 cm³/mol. The van der Waals surface area contributed by atoms with E-state index in [9.17, 15) is 5.11 Å². The molecular formula is C28H38O3. The van der Waals surface area contributed by atoms with Gasteiger partial charge in [-0.3, -0.25) is 0 Å². The smallest absolute Gasteiger partial charge is 0.173 e. The minimum atomic E-state index is -0.494. The summed E-state index contributed by atoms with van der Waals surface area (Å²) in [6.07, 6.45) is 10.5. The summed E-state index contributed by atoms with van der Waals surface area (Å²) in [7, 11) is 0. The van der Waals surface area contributed by atoms with Crippen molar-refractivity contribution in [3.63, 3.8) is 0 Å². The molecule has 0 amide bonds. The average Bonchev–Trinajstić information content (AvgIpc) is 3.07. The Balaban J connectivity index is 1.55. The van der Waals surface area contributed by atoms with Crippen LogP contribution in [0.15, 0.2) is 12.1 Å². The molecule has 7 atom stereocenters. The molecule has 2 saturated heterocycles. The zero-order valence-corrected chi connectivity index (χ0v) is 20.0. The summed E-state index contributed by atoms with van der Waals surface area (Å²) in [6.45, 7) is 13.9. The normalized spacial score (nSPS) is 46.7. The minimum absolute atomic E-state index is 0.00114. The highest BCUT2D eigenvalue weighted by molar-refractivity contribution is 5.68. The minimum Gasteiger partial charge on any atom is -0.393 e. The van der Waals surface area contributed by atoms with E-state index in [1.807, 2.05) is 0 Å². The number of hydrogen-bond acceptors (Lipinski definition) is 3. The van der Waals surface area contributed by atoms with Gasteiger partial charge in [0, 0.05) is 17.8 Å². The molecule has 0 aromatic heterocycles. The van der Waals surface area contributed by atoms with Crippen LogP contribution in [0.5, 0.6) is 0 Å². The second kappa shape index (κ2) is 6.04. The van der Waals surface area contributed by atoms with Crippen LogP contribution in [0.1, 0.15) is 88.1 Å². The summed E-state index contributed by atoms with van der Waals surface area (Å²) in [5, 5.41) is 10.3. The van der Waals surface area contributed by atoms with Gasteiger partial charge < -0.3 is 14.6 Å². The van der Waals surface area contributed by atoms with Gasteiger partial charge in [0.1, 0.15) is 5.60 Å². The van der Waals surface area contributed by atoms with Gasteiger partial charge in [0.2, 0.25) is 0 Å². The first-order valence-corrected chi connectivity index (χ1v) is 12.5. The lowest BCUT2D eigenvalue weighted by atomic mass is 9.57. The van der Waals surface area contributed by atoms with Crippen LogP contribution in [-0.4, -0.2) is 22.6 Å². The SMILES string of the molecule is Cc1c2c(cc3c1CC(O)CC3)C13CCC(C(C)C4(C[C@H](C)C(C)(C)O4)O1)[C@@]3(C)C=C2. The van der Waals surface area contributed by atoms with Crippen LogP contribution in [0.25, 0.3) is 6.08 Å². The van der Waals surface area contributed by atoms with Crippen molar-refractivity contribution >= 4 is 6.08 Å². The van der Waals surface area contributed by atoms with E-state index in [4.69, 9.17) is 9.47 Å². The fraction of sp³-hybridized carbons (Fsp3) is 0.714. The van der Waals surface area contributed by atoms with E-state index in [2.05, 4.69) is 59.8 Å². The molecule has 5 unspecified atom stereocenters. The number of benzene rings is 1. The van der Waals surface area contributed by atoms with E-state index in [0.29, 0.717) is 17.8 Å². The monoisotopic (exact) mass is 422 g/mol. The average molecular weight is 423 g/mol. The van der Waals surface area contributed by atoms with E-state index >= 15 is 0 Å². The molecule has 3 fully saturated rings. The van der Waals surface area contributed by atoms with Crippen molar-refractivity contribution in [2.45, 2.75) is 103 Å². The number of aliphatic hydroxyl groups excluding tert-OH is 1. The molecule has 1 N–H and O–H groups in total. The first-order chi connectivity index (χ1) is 14.5. The summed E-state index contributed by atoms with van der Waals surface area (Å²) in [4.78, 5) is 0. The summed E-state index contributed by atoms with van der Waals surface area (Å²) < 4.78 is 14.3. The highest BCUT2D eigenvalue weighted by atomic mass is 16.7. The number of rotatable bonds is 0. The summed E-state index contributed by atoms with van der Waals surface area (Å²) >= 11 is 0. The molecule has 168 valence electrons. The van der Waals surface area contributed by atoms with Crippen molar-refractivity contribution in [2.24, 2.45) is 23.2 Å². The topological polar surface area (TPSA) is 38.7 Å². The molecule has 1 aromatic rings. The molecule has 3 nitrogen and oxygen atoms in total. The van der Waals surface area contributed by atoms with Gasteiger partial charge in [0.05, 0.1) is 11.7 Å². The highest BCUT2D eigenvalue weighted by Crippen LogP contribution is 2.71. The second-order valence-corrected chi connectivity index (χ2v) is 12.1. The number of ether oxygens (including phenoxy) is 2. The van der Waals surface area contributed by atoms with Gasteiger partial charge in [-0.25, -0.2) is 0 Å². The van der Waals surface area contributed by atoms with Crippen molar-refractivity contribution in [1.29, 1.82) is 0 Å². The maximum atomic E-state index is 10.3. The molecule has 0 radical (unpaired) electrons. The summed E-state index contributed by atoms with van der Waals surface area (Å²) in [6, 6.07) is 2.46. The van der Waals surface area contributed by atoms with Crippen LogP contribution >= 0.6 is 0 Å². The van der Waals surface area contributed by atoms with Crippen molar-refractivity contribution < 1.29 is 14.6 Å². The molecule has 3 aliphatic carbocycles. The van der Waals surface area contributed by atoms with Crippen molar-refractivity contribution in [2.75, 3.05) is 0 Å². The van der Waals surface area contributed by atoms with Crippen LogP contribution in [0.2, 0.25) is 0 Å². The predicted octanol–water partition coefficient (Wildman–Crippen LogP) is 5.68. The standard InChI is InChI=1S/C28H38O3/c1-16-15-28(30-25(16,4)5)18(3)23-10-12-27(31-28)24-13-19-7-8-20(29)14-22(19)17(2)21(24)9-11-26(23,27)6/h9,11,13,16,18,20,23,29H,7-8,10,12,14-15H2,1-6H3/t16-,18?,20?,23?,26+,27?,28?/m0/s1. The molecule has 1 saturated carbocycles. The number of aryl methyl sites for hydroxylation is 1. The first kappa shape index (κ1) is 20.4. The maximum absolute atomic E-state index is 10.3. The molecule has 3 heteroatoms. The zero-order valence-electron chi connectivity index (χ0n) is 20.0. The lowest BCUT2D eigenvalue weighted by Gasteiger charge is -2.59. The molecular weight excluding hydrogens is 384 g/mol. The third-order valence-electron chi connectivity index (χ3n) is 10.4. The Hall–Kier alpha value is -1.16. The zero-order chi connectivity index (χ0) is 22.0. The second-order valence-electron chi connectivity index (χ2n) is 12.1. The fourth-order valence-electron chi connectivity index (χ4n) is 8.11. The van der Waals surface area contributed by atoms with E-state index in [1.54, 1.807) is 0 Å². The maximum Gasteiger partial charge on any atom is 0.173 e. The third kappa shape index (κ3) is 2.36. The Bertz CT molecular complexity index is 992. The Morgan fingerprint density at radius 3 is 2.58 bits per heavy atom. The van der Waals surface area contributed by atoms with E-state index in [-0.39, 0.29) is 22.7 Å². The molecule has 5 aliphatic rings. The third-order valence-corrected chi connectivity index (χ3v) is 10.4. The van der Waals surface area contributed by atoms with Crippen LogP contribution in [0, 0.1) is 30.1 Å². The van der Waals surface area contributed by atoms with Crippen molar-refractivity contribution in [3.05, 3.63) is 40.0 Å². The summed E-state index contributed by atoms with van der Waals surface area (Å²) in [5.41, 5.74) is 6.38. The van der Waals surface area contributed by atoms with E-state index < -0.39 is 5.79 Å². The van der Waals surface area contributed by atoms with E-state index in [0.717, 1.165) is 32.1 Å². The molecule has 6 rings (SSSR count). The van der Waals surface area contributed by atoms with Crippen molar-refractivity contribution in [1.82, 2.24) is 0 Å². The number of hydrogen-bond donors (Lipinski definition) is 1.